The van der Waals surface area contributed by atoms with Gasteiger partial charge in [0.1, 0.15) is 0 Å². The van der Waals surface area contributed by atoms with E-state index in [0.717, 1.165) is 48.3 Å². The predicted molar refractivity (Wildman–Crippen MR) is 161 cm³/mol. The molecule has 0 amide bonds. The van der Waals surface area contributed by atoms with Gasteiger partial charge in [-0.3, -0.25) is 0 Å². The van der Waals surface area contributed by atoms with E-state index in [0.29, 0.717) is 13.1 Å². The number of aromatic nitrogens is 1. The zero-order valence-corrected chi connectivity index (χ0v) is 25.4. The third-order valence-electron chi connectivity index (χ3n) is 6.37. The largest absolute Gasteiger partial charge is 0.341 e. The minimum absolute atomic E-state index is 0.0205. The summed E-state index contributed by atoms with van der Waals surface area (Å²) in [5.41, 5.74) is 3.60. The molecule has 3 rings (SSSR count). The summed E-state index contributed by atoms with van der Waals surface area (Å²) in [5.74, 6) is -0.0410. The monoisotopic (exact) mass is 577 g/mol. The van der Waals surface area contributed by atoms with Crippen LogP contribution < -0.4 is 0 Å². The molecule has 0 aliphatic carbocycles. The highest BCUT2D eigenvalue weighted by molar-refractivity contribution is 7.89. The van der Waals surface area contributed by atoms with Crippen LogP contribution in [0.15, 0.2) is 46.6 Å². The maximum absolute atomic E-state index is 12.5. The number of benzene rings is 2. The number of nitrogens with zero attached hydrogens (tertiary/aromatic N) is 7. The van der Waals surface area contributed by atoms with Crippen molar-refractivity contribution in [3.63, 3.8) is 0 Å². The van der Waals surface area contributed by atoms with E-state index in [9.17, 15) is 16.8 Å². The highest BCUT2D eigenvalue weighted by atomic mass is 32.2. The van der Waals surface area contributed by atoms with Crippen LogP contribution in [0.1, 0.15) is 18.1 Å². The minimum Gasteiger partial charge on any atom is -0.341 e. The fourth-order valence-electron chi connectivity index (χ4n) is 3.94. The van der Waals surface area contributed by atoms with Gasteiger partial charge in [0.15, 0.2) is 0 Å². The van der Waals surface area contributed by atoms with Gasteiger partial charge in [0.05, 0.1) is 23.9 Å². The molecular formula is C26H39N7O4S2. The van der Waals surface area contributed by atoms with Crippen molar-refractivity contribution in [2.24, 2.45) is 10.2 Å². The Morgan fingerprint density at radius 1 is 0.692 bits per heavy atom. The Morgan fingerprint density at radius 3 is 1.41 bits per heavy atom. The first-order chi connectivity index (χ1) is 18.2. The summed E-state index contributed by atoms with van der Waals surface area (Å²) in [4.78, 5) is 3.63. The molecule has 0 fully saturated rings. The van der Waals surface area contributed by atoms with Crippen molar-refractivity contribution in [3.8, 4) is 0 Å². The van der Waals surface area contributed by atoms with E-state index >= 15 is 0 Å². The van der Waals surface area contributed by atoms with Crippen molar-refractivity contribution < 1.29 is 16.8 Å². The van der Waals surface area contributed by atoms with Crippen LogP contribution in [-0.2, 0) is 26.6 Å². The average molecular weight is 578 g/mol. The van der Waals surface area contributed by atoms with E-state index < -0.39 is 20.0 Å². The molecule has 0 aliphatic heterocycles. The van der Waals surface area contributed by atoms with Crippen LogP contribution in [0.4, 0.5) is 0 Å². The molecule has 2 aromatic carbocycles. The van der Waals surface area contributed by atoms with Gasteiger partial charge in [-0.15, -0.1) is 0 Å². The SMILES string of the molecule is CCn1c2ccc(/C=N/N(C)S(=O)(=O)CCN(C)C)cc2c2cc(/C=N/N(C)S(=O)(=O)CCN(C)C)ccc21. The van der Waals surface area contributed by atoms with Crippen LogP contribution in [0.3, 0.4) is 0 Å². The van der Waals surface area contributed by atoms with Gasteiger partial charge in [-0.1, -0.05) is 12.1 Å². The lowest BCUT2D eigenvalue weighted by atomic mass is 10.1. The molecule has 1 heterocycles. The van der Waals surface area contributed by atoms with Crippen LogP contribution in [-0.4, -0.2) is 119 Å². The van der Waals surface area contributed by atoms with Crippen molar-refractivity contribution in [3.05, 3.63) is 47.5 Å². The van der Waals surface area contributed by atoms with Crippen molar-refractivity contribution in [1.29, 1.82) is 0 Å². The second-order valence-electron chi connectivity index (χ2n) is 9.89. The fourth-order valence-corrected chi connectivity index (χ4v) is 6.04. The number of hydrazone groups is 2. The number of hydrogen-bond acceptors (Lipinski definition) is 8. The molecule has 39 heavy (non-hydrogen) atoms. The normalized spacial score (nSPS) is 13.2. The molecule has 0 saturated heterocycles. The van der Waals surface area contributed by atoms with Crippen molar-refractivity contribution in [2.45, 2.75) is 13.5 Å². The zero-order valence-electron chi connectivity index (χ0n) is 23.7. The number of aryl methyl sites for hydroxylation is 1. The van der Waals surface area contributed by atoms with Gasteiger partial charge < -0.3 is 14.4 Å². The molecule has 0 bridgehead atoms. The van der Waals surface area contributed by atoms with Gasteiger partial charge in [-0.05, 0) is 70.5 Å². The highest BCUT2D eigenvalue weighted by Crippen LogP contribution is 2.30. The molecule has 0 spiro atoms. The van der Waals surface area contributed by atoms with Gasteiger partial charge in [0.25, 0.3) is 20.0 Å². The van der Waals surface area contributed by atoms with Crippen LogP contribution >= 0.6 is 0 Å². The first kappa shape index (κ1) is 30.5. The quantitative estimate of drug-likeness (QED) is 0.227. The zero-order chi connectivity index (χ0) is 29.0. The maximum Gasteiger partial charge on any atom is 0.250 e. The Kier molecular flexibility index (Phi) is 9.75. The number of hydrogen-bond donors (Lipinski definition) is 0. The van der Waals surface area contributed by atoms with E-state index in [2.05, 4.69) is 21.7 Å². The second kappa shape index (κ2) is 12.5. The van der Waals surface area contributed by atoms with Gasteiger partial charge in [-0.2, -0.15) is 19.0 Å². The van der Waals surface area contributed by atoms with E-state index in [4.69, 9.17) is 0 Å². The van der Waals surface area contributed by atoms with Crippen molar-refractivity contribution in [1.82, 2.24) is 23.2 Å². The third-order valence-corrected chi connectivity index (χ3v) is 9.56. The number of fused-ring (bicyclic) bond motifs is 3. The fraction of sp³-hybridized carbons (Fsp3) is 0.462. The molecule has 0 radical (unpaired) electrons. The van der Waals surface area contributed by atoms with Gasteiger partial charge in [-0.25, -0.2) is 16.8 Å². The Bertz CT molecular complexity index is 1460. The Morgan fingerprint density at radius 2 is 1.08 bits per heavy atom. The van der Waals surface area contributed by atoms with Crippen LogP contribution in [0.5, 0.6) is 0 Å². The standard InChI is InChI=1S/C26H39N7O4S2/c1-8-33-25-11-9-21(19-27-31(6)38(34,35)15-13-29(2)3)17-23(25)24-18-22(10-12-26(24)33)20-28-32(7)39(36,37)16-14-30(4)5/h9-12,17-20H,8,13-16H2,1-7H3/b27-19+,28-20+. The molecule has 11 nitrogen and oxygen atoms in total. The summed E-state index contributed by atoms with van der Waals surface area (Å²) in [6.07, 6.45) is 3.08. The predicted octanol–water partition coefficient (Wildman–Crippen LogP) is 2.13. The summed E-state index contributed by atoms with van der Waals surface area (Å²) in [5, 5.41) is 10.3. The molecule has 13 heteroatoms. The molecule has 0 aliphatic rings. The van der Waals surface area contributed by atoms with Gasteiger partial charge in [0.2, 0.25) is 0 Å². The number of sulfonamides is 2. The topological polar surface area (TPSA) is 111 Å². The molecule has 0 saturated carbocycles. The first-order valence-corrected chi connectivity index (χ1v) is 15.8. The maximum atomic E-state index is 12.5. The molecule has 214 valence electrons. The average Bonchev–Trinajstić information content (AvgIpc) is 3.20. The molecule has 3 aromatic rings. The van der Waals surface area contributed by atoms with E-state index in [1.807, 2.05) is 74.4 Å². The second-order valence-corrected chi connectivity index (χ2v) is 14.1. The summed E-state index contributed by atoms with van der Waals surface area (Å²) >= 11 is 0. The summed E-state index contributed by atoms with van der Waals surface area (Å²) < 4.78 is 54.2. The van der Waals surface area contributed by atoms with Crippen LogP contribution in [0.2, 0.25) is 0 Å². The molecule has 0 atom stereocenters. The molecular weight excluding hydrogens is 538 g/mol. The van der Waals surface area contributed by atoms with E-state index in [1.165, 1.54) is 14.1 Å². The molecule has 1 aromatic heterocycles. The Labute approximate surface area is 232 Å². The summed E-state index contributed by atoms with van der Waals surface area (Å²) in [7, 11) is 3.14. The Hall–Kier alpha value is -3.00. The third kappa shape index (κ3) is 7.56. The van der Waals surface area contributed by atoms with E-state index in [-0.39, 0.29) is 11.5 Å². The summed E-state index contributed by atoms with van der Waals surface area (Å²) in [6, 6.07) is 11.8. The first-order valence-electron chi connectivity index (χ1n) is 12.6. The lowest BCUT2D eigenvalue weighted by molar-refractivity contribution is 0.422. The minimum atomic E-state index is -3.51. The van der Waals surface area contributed by atoms with Gasteiger partial charge in [0, 0.05) is 55.5 Å². The van der Waals surface area contributed by atoms with Gasteiger partial charge >= 0.3 is 0 Å². The smallest absolute Gasteiger partial charge is 0.250 e. The van der Waals surface area contributed by atoms with Crippen molar-refractivity contribution >= 4 is 54.3 Å². The Balaban J connectivity index is 1.93. The summed E-state index contributed by atoms with van der Waals surface area (Å²) in [6.45, 7) is 3.66. The van der Waals surface area contributed by atoms with Crippen molar-refractivity contribution in [2.75, 3.05) is 66.9 Å². The van der Waals surface area contributed by atoms with Crippen LogP contribution in [0.25, 0.3) is 21.8 Å². The van der Waals surface area contributed by atoms with Crippen LogP contribution in [0, 0.1) is 0 Å². The number of rotatable bonds is 13. The highest BCUT2D eigenvalue weighted by Gasteiger charge is 2.17. The molecule has 0 N–H and O–H groups in total. The van der Waals surface area contributed by atoms with E-state index in [1.54, 1.807) is 12.4 Å². The molecule has 0 unspecified atom stereocenters. The lowest BCUT2D eigenvalue weighted by Gasteiger charge is -2.15. The lowest BCUT2D eigenvalue weighted by Crippen LogP contribution is -2.30.